The SMILES string of the molecule is NCCCNC(=O)C(Cc1ccc2ccccc2c1)NC(=O)CCCN1C(=O)CCSc2ccccc21. The first-order valence-corrected chi connectivity index (χ1v) is 13.8. The predicted octanol–water partition coefficient (Wildman–Crippen LogP) is 3.64. The van der Waals surface area contributed by atoms with Crippen LogP contribution in [0.3, 0.4) is 0 Å². The van der Waals surface area contributed by atoms with E-state index in [2.05, 4.69) is 16.7 Å². The van der Waals surface area contributed by atoms with Crippen molar-refractivity contribution in [3.63, 3.8) is 0 Å². The molecular formula is C29H34N4O3S. The second kappa shape index (κ2) is 13.3. The molecule has 7 nitrogen and oxygen atoms in total. The summed E-state index contributed by atoms with van der Waals surface area (Å²) in [5.41, 5.74) is 7.44. The molecule has 0 aromatic heterocycles. The third-order valence-electron chi connectivity index (χ3n) is 6.40. The Labute approximate surface area is 222 Å². The van der Waals surface area contributed by atoms with Gasteiger partial charge in [0.2, 0.25) is 17.7 Å². The predicted molar refractivity (Wildman–Crippen MR) is 150 cm³/mol. The minimum Gasteiger partial charge on any atom is -0.354 e. The van der Waals surface area contributed by atoms with Crippen LogP contribution in [0.2, 0.25) is 0 Å². The fourth-order valence-electron chi connectivity index (χ4n) is 4.48. The molecule has 37 heavy (non-hydrogen) atoms. The number of benzene rings is 3. The van der Waals surface area contributed by atoms with E-state index in [0.717, 1.165) is 32.7 Å². The number of amides is 3. The van der Waals surface area contributed by atoms with Gasteiger partial charge in [-0.15, -0.1) is 11.8 Å². The van der Waals surface area contributed by atoms with Crippen molar-refractivity contribution in [3.05, 3.63) is 72.3 Å². The van der Waals surface area contributed by atoms with E-state index in [0.29, 0.717) is 45.3 Å². The van der Waals surface area contributed by atoms with E-state index in [4.69, 9.17) is 5.73 Å². The second-order valence-corrected chi connectivity index (χ2v) is 10.3. The number of nitrogens with two attached hydrogens (primary N) is 1. The Balaban J connectivity index is 1.38. The fraction of sp³-hybridized carbons (Fsp3) is 0.345. The van der Waals surface area contributed by atoms with Crippen molar-refractivity contribution in [1.82, 2.24) is 10.6 Å². The Morgan fingerprint density at radius 2 is 1.78 bits per heavy atom. The summed E-state index contributed by atoms with van der Waals surface area (Å²) in [5.74, 6) is 0.405. The molecule has 0 saturated heterocycles. The van der Waals surface area contributed by atoms with E-state index in [1.165, 1.54) is 0 Å². The number of hydrogen-bond acceptors (Lipinski definition) is 5. The van der Waals surface area contributed by atoms with Gasteiger partial charge in [0.05, 0.1) is 5.69 Å². The summed E-state index contributed by atoms with van der Waals surface area (Å²) >= 11 is 1.68. The average Bonchev–Trinajstić information content (AvgIpc) is 3.06. The number of hydrogen-bond donors (Lipinski definition) is 3. The van der Waals surface area contributed by atoms with Crippen molar-refractivity contribution < 1.29 is 14.4 Å². The number of para-hydroxylation sites is 1. The summed E-state index contributed by atoms with van der Waals surface area (Å²) in [7, 11) is 0. The highest BCUT2D eigenvalue weighted by molar-refractivity contribution is 7.99. The first kappa shape index (κ1) is 26.7. The first-order valence-electron chi connectivity index (χ1n) is 12.8. The van der Waals surface area contributed by atoms with Crippen LogP contribution in [0.15, 0.2) is 71.6 Å². The second-order valence-electron chi connectivity index (χ2n) is 9.15. The monoisotopic (exact) mass is 518 g/mol. The number of carbonyl (C=O) groups is 3. The summed E-state index contributed by atoms with van der Waals surface area (Å²) in [4.78, 5) is 41.4. The van der Waals surface area contributed by atoms with Crippen LogP contribution >= 0.6 is 11.8 Å². The molecule has 0 bridgehead atoms. The average molecular weight is 519 g/mol. The highest BCUT2D eigenvalue weighted by Crippen LogP contribution is 2.34. The molecule has 194 valence electrons. The smallest absolute Gasteiger partial charge is 0.242 e. The molecule has 0 spiro atoms. The van der Waals surface area contributed by atoms with E-state index >= 15 is 0 Å². The summed E-state index contributed by atoms with van der Waals surface area (Å²) in [5, 5.41) is 8.04. The Bertz CT molecular complexity index is 1250. The van der Waals surface area contributed by atoms with Gasteiger partial charge in [-0.05, 0) is 47.9 Å². The van der Waals surface area contributed by atoms with Crippen LogP contribution in [0.1, 0.15) is 31.2 Å². The topological polar surface area (TPSA) is 105 Å². The van der Waals surface area contributed by atoms with Gasteiger partial charge in [0, 0.05) is 43.0 Å². The zero-order chi connectivity index (χ0) is 26.0. The number of nitrogens with one attached hydrogen (secondary N) is 2. The minimum absolute atomic E-state index is 0.0753. The van der Waals surface area contributed by atoms with Crippen molar-refractivity contribution in [3.8, 4) is 0 Å². The molecule has 0 saturated carbocycles. The van der Waals surface area contributed by atoms with Crippen LogP contribution in [0.25, 0.3) is 10.8 Å². The molecule has 1 heterocycles. The van der Waals surface area contributed by atoms with Crippen LogP contribution < -0.4 is 21.3 Å². The van der Waals surface area contributed by atoms with Gasteiger partial charge in [0.1, 0.15) is 6.04 Å². The van der Waals surface area contributed by atoms with Gasteiger partial charge in [-0.1, -0.05) is 54.6 Å². The summed E-state index contributed by atoms with van der Waals surface area (Å²) in [6.45, 7) is 1.41. The molecule has 1 aliphatic heterocycles. The van der Waals surface area contributed by atoms with Crippen molar-refractivity contribution in [2.24, 2.45) is 5.73 Å². The highest BCUT2D eigenvalue weighted by atomic mass is 32.2. The quantitative estimate of drug-likeness (QED) is 0.336. The molecule has 3 aromatic carbocycles. The number of thioether (sulfide) groups is 1. The Kier molecular flexibility index (Phi) is 9.57. The highest BCUT2D eigenvalue weighted by Gasteiger charge is 2.24. The molecule has 1 unspecified atom stereocenters. The number of fused-ring (bicyclic) bond motifs is 2. The van der Waals surface area contributed by atoms with Gasteiger partial charge >= 0.3 is 0 Å². The summed E-state index contributed by atoms with van der Waals surface area (Å²) in [6, 6.07) is 21.3. The molecule has 0 radical (unpaired) electrons. The van der Waals surface area contributed by atoms with Crippen LogP contribution in [0.5, 0.6) is 0 Å². The molecule has 0 fully saturated rings. The minimum atomic E-state index is -0.691. The largest absolute Gasteiger partial charge is 0.354 e. The summed E-state index contributed by atoms with van der Waals surface area (Å²) in [6.07, 6.45) is 2.27. The normalized spacial score (nSPS) is 14.1. The maximum atomic E-state index is 12.9. The zero-order valence-electron chi connectivity index (χ0n) is 20.9. The molecule has 3 amide bonds. The Hall–Kier alpha value is -3.36. The van der Waals surface area contributed by atoms with Crippen LogP contribution in [-0.2, 0) is 20.8 Å². The molecule has 4 N–H and O–H groups in total. The number of anilines is 1. The number of carbonyl (C=O) groups excluding carboxylic acids is 3. The van der Waals surface area contributed by atoms with Gasteiger partial charge in [0.25, 0.3) is 0 Å². The van der Waals surface area contributed by atoms with Gasteiger partial charge in [0.15, 0.2) is 0 Å². The third kappa shape index (κ3) is 7.33. The van der Waals surface area contributed by atoms with E-state index in [1.807, 2.05) is 60.7 Å². The lowest BCUT2D eigenvalue weighted by Crippen LogP contribution is -2.48. The van der Waals surface area contributed by atoms with Crippen molar-refractivity contribution in [1.29, 1.82) is 0 Å². The van der Waals surface area contributed by atoms with E-state index in [1.54, 1.807) is 16.7 Å². The standard InChI is InChI=1S/C29H34N4O3S/c30-15-6-16-31-29(36)24(20-21-12-13-22-7-1-2-8-23(22)19-21)32-27(34)11-5-17-33-25-9-3-4-10-26(25)37-18-14-28(33)35/h1-4,7-10,12-13,19,24H,5-6,11,14-18,20,30H2,(H,31,36)(H,32,34). The van der Waals surface area contributed by atoms with Gasteiger partial charge in [-0.25, -0.2) is 0 Å². The van der Waals surface area contributed by atoms with Crippen LogP contribution in [-0.4, -0.2) is 49.2 Å². The maximum Gasteiger partial charge on any atom is 0.242 e. The zero-order valence-corrected chi connectivity index (χ0v) is 21.8. The van der Waals surface area contributed by atoms with Gasteiger partial charge in [-0.3, -0.25) is 14.4 Å². The first-order chi connectivity index (χ1) is 18.0. The van der Waals surface area contributed by atoms with Crippen molar-refractivity contribution in [2.75, 3.05) is 30.3 Å². The number of rotatable bonds is 11. The maximum absolute atomic E-state index is 12.9. The molecular weight excluding hydrogens is 484 g/mol. The lowest BCUT2D eigenvalue weighted by Gasteiger charge is -2.23. The lowest BCUT2D eigenvalue weighted by molar-refractivity contribution is -0.129. The summed E-state index contributed by atoms with van der Waals surface area (Å²) < 4.78 is 0. The molecule has 1 aliphatic rings. The van der Waals surface area contributed by atoms with Crippen molar-refractivity contribution in [2.45, 2.75) is 43.0 Å². The fourth-order valence-corrected chi connectivity index (χ4v) is 5.47. The molecule has 1 atom stereocenters. The molecule has 3 aromatic rings. The lowest BCUT2D eigenvalue weighted by atomic mass is 10.0. The van der Waals surface area contributed by atoms with E-state index in [-0.39, 0.29) is 24.1 Å². The Morgan fingerprint density at radius 1 is 1.00 bits per heavy atom. The molecule has 4 rings (SSSR count). The van der Waals surface area contributed by atoms with Crippen molar-refractivity contribution >= 4 is 45.9 Å². The van der Waals surface area contributed by atoms with Gasteiger partial charge in [-0.2, -0.15) is 0 Å². The molecule has 8 heteroatoms. The Morgan fingerprint density at radius 3 is 2.62 bits per heavy atom. The van der Waals surface area contributed by atoms with Crippen LogP contribution in [0.4, 0.5) is 5.69 Å². The number of nitrogens with zero attached hydrogens (tertiary/aromatic N) is 1. The van der Waals surface area contributed by atoms with Gasteiger partial charge < -0.3 is 21.3 Å². The molecule has 0 aliphatic carbocycles. The van der Waals surface area contributed by atoms with E-state index < -0.39 is 6.04 Å². The van der Waals surface area contributed by atoms with E-state index in [9.17, 15) is 14.4 Å². The third-order valence-corrected chi connectivity index (χ3v) is 7.47. The van der Waals surface area contributed by atoms with Crippen LogP contribution in [0, 0.1) is 0 Å².